The van der Waals surface area contributed by atoms with Crippen molar-refractivity contribution < 1.29 is 14.6 Å². The number of carbonyl (C=O) groups excluding carboxylic acids is 1. The predicted molar refractivity (Wildman–Crippen MR) is 84.0 cm³/mol. The largest absolute Gasteiger partial charge is 0.484 e. The van der Waals surface area contributed by atoms with Crippen LogP contribution in [0.5, 0.6) is 5.75 Å². The van der Waals surface area contributed by atoms with Crippen LogP contribution in [0.1, 0.15) is 11.6 Å². The van der Waals surface area contributed by atoms with Gasteiger partial charge in [-0.2, -0.15) is 0 Å². The molecule has 0 aliphatic carbocycles. The Morgan fingerprint density at radius 1 is 1.19 bits per heavy atom. The topological polar surface area (TPSA) is 58.6 Å². The number of amides is 1. The smallest absolute Gasteiger partial charge is 0.258 e. The Bertz CT molecular complexity index is 589. The maximum atomic E-state index is 11.9. The summed E-state index contributed by atoms with van der Waals surface area (Å²) in [5.74, 6) is 0.331. The van der Waals surface area contributed by atoms with Crippen LogP contribution in [-0.4, -0.2) is 24.2 Å². The third kappa shape index (κ3) is 4.88. The second kappa shape index (κ2) is 7.81. The molecule has 21 heavy (non-hydrogen) atoms. The first-order chi connectivity index (χ1) is 10.2. The normalized spacial score (nSPS) is 11.7. The van der Waals surface area contributed by atoms with Gasteiger partial charge in [-0.15, -0.1) is 0 Å². The molecule has 0 unspecified atom stereocenters. The van der Waals surface area contributed by atoms with Gasteiger partial charge in [-0.3, -0.25) is 4.79 Å². The molecule has 0 aliphatic heterocycles. The van der Waals surface area contributed by atoms with E-state index in [2.05, 4.69) is 21.2 Å². The molecule has 5 heteroatoms. The molecule has 1 amide bonds. The molecule has 0 saturated carbocycles. The Labute approximate surface area is 131 Å². The maximum absolute atomic E-state index is 11.9. The fourth-order valence-electron chi connectivity index (χ4n) is 1.86. The van der Waals surface area contributed by atoms with E-state index in [4.69, 9.17) is 4.74 Å². The highest BCUT2D eigenvalue weighted by Crippen LogP contribution is 2.17. The van der Waals surface area contributed by atoms with Crippen molar-refractivity contribution in [3.8, 4) is 5.75 Å². The summed E-state index contributed by atoms with van der Waals surface area (Å²) >= 11 is 3.34. The summed E-state index contributed by atoms with van der Waals surface area (Å²) in [6.45, 7) is -0.258. The number of aliphatic hydroxyl groups is 1. The zero-order chi connectivity index (χ0) is 15.1. The molecule has 2 N–H and O–H groups in total. The summed E-state index contributed by atoms with van der Waals surface area (Å²) in [4.78, 5) is 11.9. The summed E-state index contributed by atoms with van der Waals surface area (Å²) < 4.78 is 6.29. The van der Waals surface area contributed by atoms with Crippen LogP contribution in [-0.2, 0) is 4.79 Å². The second-order valence-electron chi connectivity index (χ2n) is 4.46. The first-order valence-corrected chi connectivity index (χ1v) is 7.32. The van der Waals surface area contributed by atoms with Crippen LogP contribution in [0.4, 0.5) is 0 Å². The number of ether oxygens (including phenoxy) is 1. The van der Waals surface area contributed by atoms with Crippen molar-refractivity contribution in [1.29, 1.82) is 0 Å². The van der Waals surface area contributed by atoms with Gasteiger partial charge in [-0.1, -0.05) is 52.3 Å². The molecule has 2 aromatic carbocycles. The van der Waals surface area contributed by atoms with Crippen LogP contribution in [0.15, 0.2) is 59.1 Å². The van der Waals surface area contributed by atoms with Gasteiger partial charge in [0.15, 0.2) is 6.61 Å². The lowest BCUT2D eigenvalue weighted by atomic mass is 10.1. The van der Waals surface area contributed by atoms with Gasteiger partial charge in [-0.05, 0) is 23.8 Å². The Kier molecular flexibility index (Phi) is 5.78. The van der Waals surface area contributed by atoms with E-state index in [9.17, 15) is 9.90 Å². The molecule has 0 aromatic heterocycles. The van der Waals surface area contributed by atoms with Crippen molar-refractivity contribution in [2.75, 3.05) is 13.2 Å². The van der Waals surface area contributed by atoms with E-state index in [1.807, 2.05) is 42.5 Å². The van der Waals surface area contributed by atoms with E-state index in [0.29, 0.717) is 5.75 Å². The summed E-state index contributed by atoms with van der Waals surface area (Å²) in [5.41, 5.74) is 0.857. The number of carbonyl (C=O) groups is 1. The van der Waals surface area contributed by atoms with E-state index >= 15 is 0 Å². The lowest BCUT2D eigenvalue weighted by Gasteiger charge is -2.17. The third-order valence-electron chi connectivity index (χ3n) is 2.89. The van der Waals surface area contributed by atoms with Crippen molar-refractivity contribution in [3.63, 3.8) is 0 Å². The monoisotopic (exact) mass is 349 g/mol. The highest BCUT2D eigenvalue weighted by atomic mass is 79.9. The summed E-state index contributed by atoms with van der Waals surface area (Å²) in [6, 6.07) is 16.2. The molecular weight excluding hydrogens is 334 g/mol. The molecule has 0 fully saturated rings. The average molecular weight is 350 g/mol. The molecule has 110 valence electrons. The quantitative estimate of drug-likeness (QED) is 0.842. The Morgan fingerprint density at radius 2 is 1.95 bits per heavy atom. The number of rotatable bonds is 6. The van der Waals surface area contributed by atoms with Crippen molar-refractivity contribution in [2.45, 2.75) is 6.04 Å². The second-order valence-corrected chi connectivity index (χ2v) is 5.38. The highest BCUT2D eigenvalue weighted by molar-refractivity contribution is 9.10. The summed E-state index contributed by atoms with van der Waals surface area (Å²) in [7, 11) is 0. The number of hydrogen-bond donors (Lipinski definition) is 2. The fourth-order valence-corrected chi connectivity index (χ4v) is 2.24. The Morgan fingerprint density at radius 3 is 2.62 bits per heavy atom. The van der Waals surface area contributed by atoms with E-state index < -0.39 is 6.04 Å². The number of aliphatic hydroxyl groups excluding tert-OH is 1. The molecule has 0 spiro atoms. The molecule has 0 radical (unpaired) electrons. The molecule has 0 saturated heterocycles. The van der Waals surface area contributed by atoms with Crippen LogP contribution in [0.2, 0.25) is 0 Å². The number of benzene rings is 2. The minimum absolute atomic E-state index is 0.0974. The van der Waals surface area contributed by atoms with Gasteiger partial charge < -0.3 is 15.2 Å². The van der Waals surface area contributed by atoms with E-state index in [-0.39, 0.29) is 19.1 Å². The van der Waals surface area contributed by atoms with Crippen LogP contribution in [0.25, 0.3) is 0 Å². The molecule has 2 aromatic rings. The van der Waals surface area contributed by atoms with Gasteiger partial charge in [-0.25, -0.2) is 0 Å². The SMILES string of the molecule is O=C(COc1cccc(Br)c1)N[C@@H](CO)c1ccccc1. The van der Waals surface area contributed by atoms with Gasteiger partial charge in [0.25, 0.3) is 5.91 Å². The van der Waals surface area contributed by atoms with Gasteiger partial charge in [0.05, 0.1) is 12.6 Å². The third-order valence-corrected chi connectivity index (χ3v) is 3.38. The Balaban J connectivity index is 1.89. The lowest BCUT2D eigenvalue weighted by molar-refractivity contribution is -0.124. The van der Waals surface area contributed by atoms with Gasteiger partial charge >= 0.3 is 0 Å². The van der Waals surface area contributed by atoms with Crippen LogP contribution < -0.4 is 10.1 Å². The van der Waals surface area contributed by atoms with Crippen molar-refractivity contribution in [2.24, 2.45) is 0 Å². The minimum atomic E-state index is -0.426. The van der Waals surface area contributed by atoms with E-state index in [1.165, 1.54) is 0 Å². The molecule has 0 heterocycles. The van der Waals surface area contributed by atoms with Crippen molar-refractivity contribution in [1.82, 2.24) is 5.32 Å². The number of halogens is 1. The number of hydrogen-bond acceptors (Lipinski definition) is 3. The summed E-state index contributed by atoms with van der Waals surface area (Å²) in [6.07, 6.45) is 0. The van der Waals surface area contributed by atoms with Crippen LogP contribution in [0.3, 0.4) is 0 Å². The van der Waals surface area contributed by atoms with E-state index in [1.54, 1.807) is 12.1 Å². The van der Waals surface area contributed by atoms with Gasteiger partial charge in [0.2, 0.25) is 0 Å². The highest BCUT2D eigenvalue weighted by Gasteiger charge is 2.13. The summed E-state index contributed by atoms with van der Waals surface area (Å²) in [5, 5.41) is 12.1. The first-order valence-electron chi connectivity index (χ1n) is 6.52. The standard InChI is InChI=1S/C16H16BrNO3/c17-13-7-4-8-14(9-13)21-11-16(20)18-15(10-19)12-5-2-1-3-6-12/h1-9,15,19H,10-11H2,(H,18,20)/t15-/m0/s1. The minimum Gasteiger partial charge on any atom is -0.484 e. The lowest BCUT2D eigenvalue weighted by Crippen LogP contribution is -2.34. The first kappa shape index (κ1) is 15.5. The average Bonchev–Trinajstić information content (AvgIpc) is 2.51. The molecule has 0 aliphatic rings. The Hall–Kier alpha value is -1.85. The molecule has 2 rings (SSSR count). The van der Waals surface area contributed by atoms with Gasteiger partial charge in [0.1, 0.15) is 5.75 Å². The molecule has 4 nitrogen and oxygen atoms in total. The van der Waals surface area contributed by atoms with Gasteiger partial charge in [0, 0.05) is 4.47 Å². The van der Waals surface area contributed by atoms with Crippen molar-refractivity contribution >= 4 is 21.8 Å². The van der Waals surface area contributed by atoms with Crippen LogP contribution in [0, 0.1) is 0 Å². The van der Waals surface area contributed by atoms with E-state index in [0.717, 1.165) is 10.0 Å². The van der Waals surface area contributed by atoms with Crippen molar-refractivity contribution in [3.05, 3.63) is 64.6 Å². The maximum Gasteiger partial charge on any atom is 0.258 e. The van der Waals surface area contributed by atoms with Crippen LogP contribution >= 0.6 is 15.9 Å². The fraction of sp³-hybridized carbons (Fsp3) is 0.188. The number of nitrogens with one attached hydrogen (secondary N) is 1. The zero-order valence-electron chi connectivity index (χ0n) is 11.3. The molecule has 0 bridgehead atoms. The zero-order valence-corrected chi connectivity index (χ0v) is 12.9. The predicted octanol–water partition coefficient (Wildman–Crippen LogP) is 2.68. The molecule has 1 atom stereocenters. The molecular formula is C16H16BrNO3.